The van der Waals surface area contributed by atoms with E-state index in [9.17, 15) is 0 Å². The number of quaternary nitrogens is 1. The summed E-state index contributed by atoms with van der Waals surface area (Å²) in [5, 5.41) is 0. The summed E-state index contributed by atoms with van der Waals surface area (Å²) in [5.74, 6) is 0.242. The van der Waals surface area contributed by atoms with Gasteiger partial charge in [0.2, 0.25) is 0 Å². The van der Waals surface area contributed by atoms with Crippen molar-refractivity contribution in [3.05, 3.63) is 0 Å². The van der Waals surface area contributed by atoms with E-state index in [1.54, 1.807) is 0 Å². The third-order valence-corrected chi connectivity index (χ3v) is 3.58. The topological polar surface area (TPSA) is 46.1 Å². The monoisotopic (exact) mass is 214 g/mol. The molecule has 1 aliphatic rings. The van der Waals surface area contributed by atoms with E-state index in [0.29, 0.717) is 0 Å². The van der Waals surface area contributed by atoms with E-state index in [4.69, 9.17) is 9.31 Å². The van der Waals surface area contributed by atoms with Crippen LogP contribution in [0.4, 0.5) is 0 Å². The smallest absolute Gasteiger partial charge is 0.399 e. The SMILES string of the molecule is CCCCC([NH3+])B1OC(C)(C)C(C)(C)O1. The van der Waals surface area contributed by atoms with Gasteiger partial charge < -0.3 is 15.0 Å². The summed E-state index contributed by atoms with van der Waals surface area (Å²) in [4.78, 5) is 0. The summed E-state index contributed by atoms with van der Waals surface area (Å²) in [6.07, 6.45) is 3.47. The number of rotatable bonds is 4. The van der Waals surface area contributed by atoms with Crippen molar-refractivity contribution in [3.63, 3.8) is 0 Å². The van der Waals surface area contributed by atoms with Crippen LogP contribution in [-0.4, -0.2) is 24.3 Å². The molecule has 88 valence electrons. The molecule has 0 aromatic heterocycles. The van der Waals surface area contributed by atoms with Crippen molar-refractivity contribution < 1.29 is 15.0 Å². The molecular formula is C11H25BNO2+. The molecule has 1 unspecified atom stereocenters. The van der Waals surface area contributed by atoms with E-state index < -0.39 is 0 Å². The minimum absolute atomic E-state index is 0.137. The summed E-state index contributed by atoms with van der Waals surface area (Å²) in [6, 6.07) is 0. The zero-order valence-corrected chi connectivity index (χ0v) is 10.8. The van der Waals surface area contributed by atoms with Crippen molar-refractivity contribution >= 4 is 7.12 Å². The third kappa shape index (κ3) is 2.74. The molecule has 1 rings (SSSR count). The minimum atomic E-state index is -0.222. The van der Waals surface area contributed by atoms with Gasteiger partial charge in [0, 0.05) is 0 Å². The molecule has 0 spiro atoms. The van der Waals surface area contributed by atoms with Gasteiger partial charge in [-0.2, -0.15) is 0 Å². The molecule has 3 N–H and O–H groups in total. The summed E-state index contributed by atoms with van der Waals surface area (Å²) < 4.78 is 11.9. The second kappa shape index (κ2) is 4.44. The van der Waals surface area contributed by atoms with Crippen LogP contribution in [0.15, 0.2) is 0 Å². The van der Waals surface area contributed by atoms with Gasteiger partial charge in [-0.3, -0.25) is 0 Å². The highest BCUT2D eigenvalue weighted by molar-refractivity contribution is 6.46. The zero-order valence-electron chi connectivity index (χ0n) is 10.8. The van der Waals surface area contributed by atoms with Crippen LogP contribution < -0.4 is 5.73 Å². The predicted octanol–water partition coefficient (Wildman–Crippen LogP) is 1.42. The van der Waals surface area contributed by atoms with Gasteiger partial charge in [0.1, 0.15) is 5.94 Å². The normalized spacial score (nSPS) is 25.6. The predicted molar refractivity (Wildman–Crippen MR) is 62.3 cm³/mol. The molecule has 0 radical (unpaired) electrons. The molecule has 0 aromatic rings. The first-order valence-corrected chi connectivity index (χ1v) is 5.99. The minimum Gasteiger partial charge on any atom is -0.399 e. The van der Waals surface area contributed by atoms with E-state index >= 15 is 0 Å². The molecule has 1 fully saturated rings. The molecule has 1 atom stereocenters. The molecule has 1 aliphatic heterocycles. The van der Waals surface area contributed by atoms with E-state index in [-0.39, 0.29) is 24.3 Å². The molecule has 0 amide bonds. The Morgan fingerprint density at radius 3 is 2.00 bits per heavy atom. The van der Waals surface area contributed by atoms with E-state index in [1.807, 2.05) is 0 Å². The van der Waals surface area contributed by atoms with Crippen LogP contribution in [0.1, 0.15) is 53.9 Å². The van der Waals surface area contributed by atoms with Crippen LogP contribution >= 0.6 is 0 Å². The molecule has 0 bridgehead atoms. The second-order valence-electron chi connectivity index (χ2n) is 5.53. The molecule has 1 saturated heterocycles. The highest BCUT2D eigenvalue weighted by atomic mass is 16.7. The molecule has 3 nitrogen and oxygen atoms in total. The van der Waals surface area contributed by atoms with E-state index in [2.05, 4.69) is 40.4 Å². The highest BCUT2D eigenvalue weighted by Gasteiger charge is 2.54. The maximum absolute atomic E-state index is 5.94. The highest BCUT2D eigenvalue weighted by Crippen LogP contribution is 2.37. The Hall–Kier alpha value is -0.0551. The van der Waals surface area contributed by atoms with Crippen LogP contribution in [0.2, 0.25) is 0 Å². The summed E-state index contributed by atoms with van der Waals surface area (Å²) in [6.45, 7) is 10.5. The molecule has 0 aliphatic carbocycles. The van der Waals surface area contributed by atoms with Gasteiger partial charge in [-0.15, -0.1) is 0 Å². The molecule has 0 saturated carbocycles. The fourth-order valence-corrected chi connectivity index (χ4v) is 1.68. The second-order valence-corrected chi connectivity index (χ2v) is 5.53. The molecule has 0 aromatic carbocycles. The lowest BCUT2D eigenvalue weighted by Crippen LogP contribution is -2.68. The number of hydrogen-bond donors (Lipinski definition) is 1. The molecular weight excluding hydrogens is 189 g/mol. The van der Waals surface area contributed by atoms with Crippen LogP contribution in [0, 0.1) is 0 Å². The summed E-state index contributed by atoms with van der Waals surface area (Å²) >= 11 is 0. The van der Waals surface area contributed by atoms with Gasteiger partial charge in [-0.05, 0) is 40.5 Å². The van der Waals surface area contributed by atoms with Gasteiger partial charge in [0.25, 0.3) is 0 Å². The Morgan fingerprint density at radius 1 is 1.13 bits per heavy atom. The van der Waals surface area contributed by atoms with Gasteiger partial charge in [0.15, 0.2) is 0 Å². The molecule has 4 heteroatoms. The van der Waals surface area contributed by atoms with Crippen molar-refractivity contribution in [2.24, 2.45) is 0 Å². The van der Waals surface area contributed by atoms with Crippen molar-refractivity contribution in [1.29, 1.82) is 0 Å². The summed E-state index contributed by atoms with van der Waals surface area (Å²) in [7, 11) is -0.137. The van der Waals surface area contributed by atoms with Crippen molar-refractivity contribution in [2.75, 3.05) is 0 Å². The van der Waals surface area contributed by atoms with Crippen molar-refractivity contribution in [1.82, 2.24) is 0 Å². The van der Waals surface area contributed by atoms with Crippen molar-refractivity contribution in [3.8, 4) is 0 Å². The Balaban J connectivity index is 2.54. The Kier molecular flexibility index (Phi) is 3.85. The lowest BCUT2D eigenvalue weighted by Gasteiger charge is -2.32. The quantitative estimate of drug-likeness (QED) is 0.719. The lowest BCUT2D eigenvalue weighted by atomic mass is 9.76. The Bertz CT molecular complexity index is 203. The molecule has 1 heterocycles. The van der Waals surface area contributed by atoms with Crippen LogP contribution in [-0.2, 0) is 9.31 Å². The maximum Gasteiger partial charge on any atom is 0.521 e. The fourth-order valence-electron chi connectivity index (χ4n) is 1.68. The first-order valence-electron chi connectivity index (χ1n) is 5.99. The molecule has 15 heavy (non-hydrogen) atoms. The van der Waals surface area contributed by atoms with Gasteiger partial charge in [-0.1, -0.05) is 13.3 Å². The Morgan fingerprint density at radius 2 is 1.60 bits per heavy atom. The first-order chi connectivity index (χ1) is 6.80. The lowest BCUT2D eigenvalue weighted by molar-refractivity contribution is -0.399. The standard InChI is InChI=1S/C11H24BNO2/c1-6-7-8-9(13)12-14-10(2,3)11(4,5)15-12/h9H,6-8,13H2,1-5H3/p+1. The number of hydrogen-bond acceptors (Lipinski definition) is 2. The largest absolute Gasteiger partial charge is 0.521 e. The van der Waals surface area contributed by atoms with Gasteiger partial charge >= 0.3 is 7.12 Å². The maximum atomic E-state index is 5.94. The third-order valence-electron chi connectivity index (χ3n) is 3.58. The van der Waals surface area contributed by atoms with Crippen LogP contribution in [0.25, 0.3) is 0 Å². The Labute approximate surface area is 93.8 Å². The van der Waals surface area contributed by atoms with Gasteiger partial charge in [-0.25, -0.2) is 0 Å². The van der Waals surface area contributed by atoms with Crippen molar-refractivity contribution in [2.45, 2.75) is 71.0 Å². The van der Waals surface area contributed by atoms with Crippen LogP contribution in [0.5, 0.6) is 0 Å². The number of unbranched alkanes of at least 4 members (excludes halogenated alkanes) is 1. The van der Waals surface area contributed by atoms with Crippen LogP contribution in [0.3, 0.4) is 0 Å². The zero-order chi connectivity index (χ0) is 11.7. The van der Waals surface area contributed by atoms with Gasteiger partial charge in [0.05, 0.1) is 11.2 Å². The van der Waals surface area contributed by atoms with E-state index in [1.165, 1.54) is 12.8 Å². The fraction of sp³-hybridized carbons (Fsp3) is 1.00. The first kappa shape index (κ1) is 13.0. The van der Waals surface area contributed by atoms with E-state index in [0.717, 1.165) is 6.42 Å². The summed E-state index contributed by atoms with van der Waals surface area (Å²) in [5.41, 5.74) is 3.69. The average molecular weight is 214 g/mol. The average Bonchev–Trinajstić information content (AvgIpc) is 2.32.